The molecule has 0 amide bonds. The Kier molecular flexibility index (Phi) is 3.12. The van der Waals surface area contributed by atoms with Gasteiger partial charge in [0.1, 0.15) is 0 Å². The molecule has 1 N–H and O–H groups in total. The van der Waals surface area contributed by atoms with Crippen molar-refractivity contribution in [3.63, 3.8) is 0 Å². The second-order valence-corrected chi connectivity index (χ2v) is 5.38. The molecule has 0 radical (unpaired) electrons. The Bertz CT molecular complexity index is 361. The molecule has 2 heterocycles. The molecule has 3 nitrogen and oxygen atoms in total. The molecule has 2 aliphatic rings. The van der Waals surface area contributed by atoms with Gasteiger partial charge in [-0.1, -0.05) is 0 Å². The molecule has 2 atom stereocenters. The van der Waals surface area contributed by atoms with E-state index < -0.39 is 0 Å². The van der Waals surface area contributed by atoms with Crippen molar-refractivity contribution in [2.24, 2.45) is 0 Å². The lowest BCUT2D eigenvalue weighted by Crippen LogP contribution is -2.34. The smallest absolute Gasteiger partial charge is 0.0321 e. The molecule has 3 heteroatoms. The quantitative estimate of drug-likeness (QED) is 0.858. The third-order valence-corrected chi connectivity index (χ3v) is 4.00. The predicted octanol–water partition coefficient (Wildman–Crippen LogP) is 1.97. The topological polar surface area (TPSA) is 28.2 Å². The molecule has 0 bridgehead atoms. The summed E-state index contributed by atoms with van der Waals surface area (Å²) in [6.07, 6.45) is 7.85. The minimum Gasteiger partial charge on any atom is -0.310 e. The molecular formula is C14H21N3. The van der Waals surface area contributed by atoms with Gasteiger partial charge in [0.2, 0.25) is 0 Å². The highest BCUT2D eigenvalue weighted by Crippen LogP contribution is 2.26. The van der Waals surface area contributed by atoms with Crippen LogP contribution in [0.2, 0.25) is 0 Å². The first kappa shape index (κ1) is 11.2. The normalized spacial score (nSPS) is 27.2. The van der Waals surface area contributed by atoms with E-state index in [2.05, 4.69) is 34.3 Å². The first-order chi connectivity index (χ1) is 8.33. The van der Waals surface area contributed by atoms with E-state index in [9.17, 15) is 0 Å². The number of likely N-dealkylation sites (tertiary alicyclic amines) is 1. The number of hydrogen-bond acceptors (Lipinski definition) is 3. The van der Waals surface area contributed by atoms with Crippen LogP contribution in [0.5, 0.6) is 0 Å². The van der Waals surface area contributed by atoms with E-state index >= 15 is 0 Å². The molecule has 3 rings (SSSR count). The van der Waals surface area contributed by atoms with Crippen LogP contribution in [-0.4, -0.2) is 35.1 Å². The van der Waals surface area contributed by atoms with Gasteiger partial charge in [-0.3, -0.25) is 9.88 Å². The zero-order valence-corrected chi connectivity index (χ0v) is 10.5. The Morgan fingerprint density at radius 1 is 1.24 bits per heavy atom. The standard InChI is InChI=1S/C14H21N3/c1-11(12-4-7-15-8-5-12)17-9-6-14(10-17)16-13-2-3-13/h4-5,7-8,11,13-14,16H,2-3,6,9-10H2,1H3. The first-order valence-corrected chi connectivity index (χ1v) is 6.73. The number of pyridine rings is 1. The Labute approximate surface area is 103 Å². The van der Waals surface area contributed by atoms with Gasteiger partial charge in [0, 0.05) is 43.6 Å². The van der Waals surface area contributed by atoms with Crippen molar-refractivity contribution in [1.82, 2.24) is 15.2 Å². The zero-order valence-electron chi connectivity index (χ0n) is 10.5. The molecule has 1 aromatic heterocycles. The second-order valence-electron chi connectivity index (χ2n) is 5.38. The number of hydrogen-bond donors (Lipinski definition) is 1. The largest absolute Gasteiger partial charge is 0.310 e. The van der Waals surface area contributed by atoms with E-state index in [1.807, 2.05) is 12.4 Å². The molecular weight excluding hydrogens is 210 g/mol. The molecule has 1 aromatic rings. The summed E-state index contributed by atoms with van der Waals surface area (Å²) >= 11 is 0. The van der Waals surface area contributed by atoms with Gasteiger partial charge in [0.25, 0.3) is 0 Å². The van der Waals surface area contributed by atoms with Crippen LogP contribution < -0.4 is 5.32 Å². The fraction of sp³-hybridized carbons (Fsp3) is 0.643. The van der Waals surface area contributed by atoms with Crippen molar-refractivity contribution in [2.45, 2.75) is 44.3 Å². The maximum Gasteiger partial charge on any atom is 0.0321 e. The van der Waals surface area contributed by atoms with E-state index in [4.69, 9.17) is 0 Å². The van der Waals surface area contributed by atoms with Crippen molar-refractivity contribution in [3.8, 4) is 0 Å². The van der Waals surface area contributed by atoms with Crippen molar-refractivity contribution < 1.29 is 0 Å². The van der Waals surface area contributed by atoms with Gasteiger partial charge in [-0.15, -0.1) is 0 Å². The highest BCUT2D eigenvalue weighted by Gasteiger charge is 2.31. The van der Waals surface area contributed by atoms with Gasteiger partial charge >= 0.3 is 0 Å². The molecule has 1 saturated heterocycles. The lowest BCUT2D eigenvalue weighted by Gasteiger charge is -2.24. The fourth-order valence-corrected chi connectivity index (χ4v) is 2.71. The Balaban J connectivity index is 1.58. The highest BCUT2D eigenvalue weighted by atomic mass is 15.2. The summed E-state index contributed by atoms with van der Waals surface area (Å²) in [6.45, 7) is 4.71. The van der Waals surface area contributed by atoms with Crippen molar-refractivity contribution >= 4 is 0 Å². The molecule has 0 spiro atoms. The summed E-state index contributed by atoms with van der Waals surface area (Å²) < 4.78 is 0. The summed E-state index contributed by atoms with van der Waals surface area (Å²) in [6, 6.07) is 6.32. The van der Waals surface area contributed by atoms with Crippen LogP contribution in [0.25, 0.3) is 0 Å². The van der Waals surface area contributed by atoms with Crippen LogP contribution in [0.4, 0.5) is 0 Å². The van der Waals surface area contributed by atoms with Crippen LogP contribution in [0.3, 0.4) is 0 Å². The van der Waals surface area contributed by atoms with Gasteiger partial charge < -0.3 is 5.32 Å². The molecule has 0 aromatic carbocycles. The van der Waals surface area contributed by atoms with Gasteiger partial charge in [0.15, 0.2) is 0 Å². The van der Waals surface area contributed by atoms with Crippen LogP contribution in [0.15, 0.2) is 24.5 Å². The van der Waals surface area contributed by atoms with Crippen LogP contribution in [0, 0.1) is 0 Å². The molecule has 2 unspecified atom stereocenters. The summed E-state index contributed by atoms with van der Waals surface area (Å²) in [5.41, 5.74) is 1.38. The lowest BCUT2D eigenvalue weighted by atomic mass is 10.1. The molecule has 92 valence electrons. The predicted molar refractivity (Wildman–Crippen MR) is 68.8 cm³/mol. The number of nitrogens with one attached hydrogen (secondary N) is 1. The summed E-state index contributed by atoms with van der Waals surface area (Å²) in [7, 11) is 0. The van der Waals surface area contributed by atoms with Gasteiger partial charge in [0.05, 0.1) is 0 Å². The molecule has 1 aliphatic heterocycles. The minimum absolute atomic E-state index is 0.518. The van der Waals surface area contributed by atoms with Crippen molar-refractivity contribution in [1.29, 1.82) is 0 Å². The summed E-state index contributed by atoms with van der Waals surface area (Å²) in [4.78, 5) is 6.66. The van der Waals surface area contributed by atoms with Crippen LogP contribution in [-0.2, 0) is 0 Å². The molecule has 1 aliphatic carbocycles. The SMILES string of the molecule is CC(c1ccncc1)N1CCC(NC2CC2)C1. The molecule has 2 fully saturated rings. The summed E-state index contributed by atoms with van der Waals surface area (Å²) in [5.74, 6) is 0. The van der Waals surface area contributed by atoms with E-state index in [0.717, 1.165) is 6.04 Å². The number of aromatic nitrogens is 1. The Hall–Kier alpha value is -0.930. The third-order valence-electron chi connectivity index (χ3n) is 4.00. The van der Waals surface area contributed by atoms with Crippen LogP contribution >= 0.6 is 0 Å². The van der Waals surface area contributed by atoms with Crippen molar-refractivity contribution in [2.75, 3.05) is 13.1 Å². The molecule has 1 saturated carbocycles. The average molecular weight is 231 g/mol. The fourth-order valence-electron chi connectivity index (χ4n) is 2.71. The van der Waals surface area contributed by atoms with E-state index in [0.29, 0.717) is 12.1 Å². The Morgan fingerprint density at radius 2 is 2.00 bits per heavy atom. The Morgan fingerprint density at radius 3 is 2.71 bits per heavy atom. The maximum atomic E-state index is 4.09. The van der Waals surface area contributed by atoms with Gasteiger partial charge in [-0.25, -0.2) is 0 Å². The highest BCUT2D eigenvalue weighted by molar-refractivity contribution is 5.14. The monoisotopic (exact) mass is 231 g/mol. The van der Waals surface area contributed by atoms with E-state index in [1.165, 1.54) is 37.9 Å². The van der Waals surface area contributed by atoms with Crippen LogP contribution in [0.1, 0.15) is 37.8 Å². The third kappa shape index (κ3) is 2.67. The van der Waals surface area contributed by atoms with E-state index in [1.54, 1.807) is 0 Å². The minimum atomic E-state index is 0.518. The van der Waals surface area contributed by atoms with Crippen molar-refractivity contribution in [3.05, 3.63) is 30.1 Å². The number of rotatable bonds is 4. The molecule has 17 heavy (non-hydrogen) atoms. The average Bonchev–Trinajstić information content (AvgIpc) is 3.06. The number of nitrogens with zero attached hydrogens (tertiary/aromatic N) is 2. The first-order valence-electron chi connectivity index (χ1n) is 6.73. The summed E-state index contributed by atoms with van der Waals surface area (Å²) in [5, 5.41) is 3.74. The van der Waals surface area contributed by atoms with Gasteiger partial charge in [-0.05, 0) is 43.9 Å². The second kappa shape index (κ2) is 4.75. The lowest BCUT2D eigenvalue weighted by molar-refractivity contribution is 0.255. The van der Waals surface area contributed by atoms with Gasteiger partial charge in [-0.2, -0.15) is 0 Å². The van der Waals surface area contributed by atoms with E-state index in [-0.39, 0.29) is 0 Å². The maximum absolute atomic E-state index is 4.09. The zero-order chi connectivity index (χ0) is 11.7.